The molecule has 21 heteroatoms. The molecular weight excluding hydrogens is 626 g/mol. The normalized spacial score (nSPS) is 17.1. The van der Waals surface area contributed by atoms with Crippen molar-refractivity contribution in [3.8, 4) is 11.5 Å². The highest BCUT2D eigenvalue weighted by Gasteiger charge is 2.75. The van der Waals surface area contributed by atoms with Crippen LogP contribution in [0.25, 0.3) is 0 Å². The molecule has 0 saturated heterocycles. The highest BCUT2D eigenvalue weighted by atomic mass is 19.4. The van der Waals surface area contributed by atoms with Crippen LogP contribution in [0, 0.1) is 0 Å². The van der Waals surface area contributed by atoms with E-state index in [2.05, 4.69) is 0 Å². The van der Waals surface area contributed by atoms with E-state index in [0.717, 1.165) is 0 Å². The van der Waals surface area contributed by atoms with Gasteiger partial charge in [0.1, 0.15) is 11.5 Å². The Balaban J connectivity index is 2.41. The second-order valence-corrected chi connectivity index (χ2v) is 7.86. The summed E-state index contributed by atoms with van der Waals surface area (Å²) in [6.07, 6.45) is -25.7. The summed E-state index contributed by atoms with van der Waals surface area (Å²) in [6, 6.07) is -12.0. The molecule has 2 aromatic carbocycles. The maximum Gasteiger partial charge on any atom is 0.462 e. The first-order chi connectivity index (χ1) is 18.1. The van der Waals surface area contributed by atoms with E-state index in [1.165, 1.54) is 0 Å². The SMILES string of the molecule is FC(F)(F)NC(F)(F)C(F)(c1ccc(Oc2ccc(C(F)(C(F)(F)F)C(F)(F)NC(F)(F)F)cc2)cc1)C(F)(F)F. The number of alkyl halides is 18. The summed E-state index contributed by atoms with van der Waals surface area (Å²) in [5.74, 6) is -1.52. The number of hydrogen-bond donors (Lipinski definition) is 2. The van der Waals surface area contributed by atoms with Crippen molar-refractivity contribution in [2.24, 2.45) is 0 Å². The van der Waals surface area contributed by atoms with Gasteiger partial charge in [0.2, 0.25) is 0 Å². The molecule has 41 heavy (non-hydrogen) atoms. The maximum absolute atomic E-state index is 14.6. The molecule has 2 N–H and O–H groups in total. The van der Waals surface area contributed by atoms with Crippen LogP contribution in [0.3, 0.4) is 0 Å². The Labute approximate surface area is 215 Å². The molecule has 0 aliphatic heterocycles. The first kappa shape index (κ1) is 34.1. The van der Waals surface area contributed by atoms with Crippen LogP contribution in [0.1, 0.15) is 11.1 Å². The van der Waals surface area contributed by atoms with Gasteiger partial charge in [-0.05, 0) is 24.3 Å². The van der Waals surface area contributed by atoms with Crippen LogP contribution in [0.5, 0.6) is 11.5 Å². The topological polar surface area (TPSA) is 33.3 Å². The molecule has 0 radical (unpaired) electrons. The van der Waals surface area contributed by atoms with Gasteiger partial charge in [-0.25, -0.2) is 8.78 Å². The van der Waals surface area contributed by atoms with Gasteiger partial charge in [-0.3, -0.25) is 0 Å². The van der Waals surface area contributed by atoms with Crippen molar-refractivity contribution in [1.82, 2.24) is 10.6 Å². The fraction of sp³-hybridized carbons (Fsp3) is 0.400. The molecule has 0 amide bonds. The average molecular weight is 636 g/mol. The minimum atomic E-state index is -6.65. The van der Waals surface area contributed by atoms with Crippen molar-refractivity contribution in [1.29, 1.82) is 0 Å². The monoisotopic (exact) mass is 636 g/mol. The van der Waals surface area contributed by atoms with Gasteiger partial charge in [0.25, 0.3) is 0 Å². The third-order valence-corrected chi connectivity index (χ3v) is 4.98. The first-order valence-corrected chi connectivity index (χ1v) is 9.95. The molecule has 2 rings (SSSR count). The van der Waals surface area contributed by atoms with E-state index < -0.39 is 81.6 Å². The molecule has 0 aliphatic carbocycles. The van der Waals surface area contributed by atoms with Gasteiger partial charge in [0.15, 0.2) is 0 Å². The van der Waals surface area contributed by atoms with Gasteiger partial charge in [0, 0.05) is 11.1 Å². The van der Waals surface area contributed by atoms with E-state index in [1.54, 1.807) is 0 Å². The molecule has 2 aromatic rings. The molecule has 0 aliphatic rings. The lowest BCUT2D eigenvalue weighted by Gasteiger charge is -2.36. The molecule has 0 bridgehead atoms. The molecule has 0 spiro atoms. The average Bonchev–Trinajstić information content (AvgIpc) is 2.74. The van der Waals surface area contributed by atoms with Crippen molar-refractivity contribution in [3.63, 3.8) is 0 Å². The van der Waals surface area contributed by atoms with Crippen molar-refractivity contribution in [2.45, 2.75) is 48.4 Å². The molecule has 232 valence electrons. The second kappa shape index (κ2) is 10.3. The molecule has 2 atom stereocenters. The zero-order valence-electron chi connectivity index (χ0n) is 18.8. The Morgan fingerprint density at radius 1 is 0.390 bits per heavy atom. The van der Waals surface area contributed by atoms with Gasteiger partial charge in [-0.15, -0.1) is 0 Å². The smallest absolute Gasteiger partial charge is 0.457 e. The Hall–Kier alpha value is -3.10. The third kappa shape index (κ3) is 6.87. The summed E-state index contributed by atoms with van der Waals surface area (Å²) in [5.41, 5.74) is -16.1. The van der Waals surface area contributed by atoms with Crippen molar-refractivity contribution >= 4 is 0 Å². The van der Waals surface area contributed by atoms with E-state index in [9.17, 15) is 79.0 Å². The van der Waals surface area contributed by atoms with E-state index in [-0.39, 0.29) is 48.5 Å². The Morgan fingerprint density at radius 2 is 0.634 bits per heavy atom. The number of halogens is 18. The van der Waals surface area contributed by atoms with Crippen LogP contribution in [0.15, 0.2) is 48.5 Å². The van der Waals surface area contributed by atoms with Gasteiger partial charge < -0.3 is 4.74 Å². The summed E-state index contributed by atoms with van der Waals surface area (Å²) >= 11 is 0. The molecule has 0 heterocycles. The minimum absolute atomic E-state index is 0.108. The predicted molar refractivity (Wildman–Crippen MR) is 98.9 cm³/mol. The Kier molecular flexibility index (Phi) is 8.58. The lowest BCUT2D eigenvalue weighted by Crippen LogP contribution is -2.63. The lowest BCUT2D eigenvalue weighted by atomic mass is 9.92. The molecule has 0 aromatic heterocycles. The van der Waals surface area contributed by atoms with Crippen LogP contribution >= 0.6 is 0 Å². The van der Waals surface area contributed by atoms with Crippen LogP contribution in [-0.4, -0.2) is 37.0 Å². The van der Waals surface area contributed by atoms with Crippen LogP contribution in [0.4, 0.5) is 79.0 Å². The van der Waals surface area contributed by atoms with Crippen molar-refractivity contribution < 1.29 is 83.8 Å². The quantitative estimate of drug-likeness (QED) is 0.226. The van der Waals surface area contributed by atoms with Gasteiger partial charge in [-0.1, -0.05) is 24.3 Å². The zero-order valence-corrected chi connectivity index (χ0v) is 18.8. The number of nitrogens with one attached hydrogen (secondary N) is 2. The Bertz CT molecular complexity index is 1090. The largest absolute Gasteiger partial charge is 0.462 e. The van der Waals surface area contributed by atoms with Gasteiger partial charge in [0.05, 0.1) is 0 Å². The zero-order chi connectivity index (χ0) is 32.1. The summed E-state index contributed by atoms with van der Waals surface area (Å²) < 4.78 is 242. The highest BCUT2D eigenvalue weighted by molar-refractivity contribution is 5.39. The van der Waals surface area contributed by atoms with Crippen molar-refractivity contribution in [3.05, 3.63) is 59.7 Å². The summed E-state index contributed by atoms with van der Waals surface area (Å²) in [5, 5.41) is -1.49. The molecule has 3 nitrogen and oxygen atoms in total. The standard InChI is InChI=1S/C20H10F18N2O/c21-13(15(23,24)25,17(29,30)39-19(33,34)35)9-1-5-11(6-2-9)41-12-7-3-10(4-8-12)14(22,16(26,27)28)18(31,32)40-20(36,37)38/h1-8,39-40H. The van der Waals surface area contributed by atoms with E-state index in [0.29, 0.717) is 0 Å². The van der Waals surface area contributed by atoms with Crippen LogP contribution in [-0.2, 0) is 11.3 Å². The molecule has 2 unspecified atom stereocenters. The van der Waals surface area contributed by atoms with Crippen LogP contribution in [0.2, 0.25) is 0 Å². The second-order valence-electron chi connectivity index (χ2n) is 7.86. The number of rotatable bonds is 8. The van der Waals surface area contributed by atoms with E-state index in [4.69, 9.17) is 4.74 Å². The fourth-order valence-electron chi connectivity index (χ4n) is 3.22. The molecular formula is C20H10F18N2O. The number of hydrogen-bond acceptors (Lipinski definition) is 3. The van der Waals surface area contributed by atoms with Gasteiger partial charge >= 0.3 is 48.4 Å². The predicted octanol–water partition coefficient (Wildman–Crippen LogP) is 8.34. The summed E-state index contributed by atoms with van der Waals surface area (Å²) in [7, 11) is 0. The fourth-order valence-corrected chi connectivity index (χ4v) is 3.22. The van der Waals surface area contributed by atoms with Crippen LogP contribution < -0.4 is 15.4 Å². The highest BCUT2D eigenvalue weighted by Crippen LogP contribution is 2.54. The minimum Gasteiger partial charge on any atom is -0.457 e. The maximum atomic E-state index is 14.6. The third-order valence-electron chi connectivity index (χ3n) is 4.98. The molecule has 0 saturated carbocycles. The van der Waals surface area contributed by atoms with Gasteiger partial charge in [-0.2, -0.15) is 80.9 Å². The molecule has 0 fully saturated rings. The van der Waals surface area contributed by atoms with E-state index >= 15 is 0 Å². The van der Waals surface area contributed by atoms with Crippen molar-refractivity contribution in [2.75, 3.05) is 0 Å². The number of ether oxygens (including phenoxy) is 1. The summed E-state index contributed by atoms with van der Waals surface area (Å²) in [6.45, 7) is 0. The first-order valence-electron chi connectivity index (χ1n) is 9.95. The number of benzene rings is 2. The summed E-state index contributed by atoms with van der Waals surface area (Å²) in [4.78, 5) is 0. The Morgan fingerprint density at radius 3 is 0.829 bits per heavy atom. The lowest BCUT2D eigenvalue weighted by molar-refractivity contribution is -0.344. The van der Waals surface area contributed by atoms with E-state index in [1.807, 2.05) is 0 Å².